The maximum absolute atomic E-state index is 12.2. The van der Waals surface area contributed by atoms with Gasteiger partial charge in [-0.3, -0.25) is 0 Å². The van der Waals surface area contributed by atoms with E-state index in [2.05, 4.69) is 20.6 Å². The molecule has 0 fully saturated rings. The normalized spacial score (nSPS) is 12.1. The number of aromatic nitrogens is 1. The summed E-state index contributed by atoms with van der Waals surface area (Å²) in [6, 6.07) is 3.25. The van der Waals surface area contributed by atoms with Crippen molar-refractivity contribution < 1.29 is 22.6 Å². The SMILES string of the molecule is CCNC(=NCc1cccnc1OCC(F)(F)F)NCCOC. The van der Waals surface area contributed by atoms with E-state index in [1.165, 1.54) is 6.20 Å². The van der Waals surface area contributed by atoms with E-state index < -0.39 is 12.8 Å². The van der Waals surface area contributed by atoms with Gasteiger partial charge in [0.1, 0.15) is 0 Å². The smallest absolute Gasteiger partial charge is 0.422 e. The molecule has 0 saturated carbocycles. The molecule has 0 aliphatic rings. The molecule has 0 aliphatic carbocycles. The van der Waals surface area contributed by atoms with Crippen LogP contribution in [0.25, 0.3) is 0 Å². The van der Waals surface area contributed by atoms with Crippen LogP contribution in [0.15, 0.2) is 23.3 Å². The number of aliphatic imine (C=N–C) groups is 1. The van der Waals surface area contributed by atoms with Crippen molar-refractivity contribution in [3.63, 3.8) is 0 Å². The van der Waals surface area contributed by atoms with Gasteiger partial charge in [0, 0.05) is 32.0 Å². The monoisotopic (exact) mass is 334 g/mol. The van der Waals surface area contributed by atoms with Gasteiger partial charge in [0.25, 0.3) is 0 Å². The van der Waals surface area contributed by atoms with Gasteiger partial charge < -0.3 is 20.1 Å². The minimum absolute atomic E-state index is 0.0682. The summed E-state index contributed by atoms with van der Waals surface area (Å²) in [6.45, 7) is 2.40. The largest absolute Gasteiger partial charge is 0.468 e. The van der Waals surface area contributed by atoms with E-state index in [9.17, 15) is 13.2 Å². The average Bonchev–Trinajstić information content (AvgIpc) is 2.51. The van der Waals surface area contributed by atoms with Gasteiger partial charge in [0.05, 0.1) is 13.2 Å². The Labute approximate surface area is 133 Å². The zero-order valence-corrected chi connectivity index (χ0v) is 13.1. The van der Waals surface area contributed by atoms with Crippen molar-refractivity contribution in [3.05, 3.63) is 23.9 Å². The van der Waals surface area contributed by atoms with Crippen LogP contribution in [0.3, 0.4) is 0 Å². The molecule has 1 aromatic rings. The van der Waals surface area contributed by atoms with E-state index in [4.69, 9.17) is 9.47 Å². The van der Waals surface area contributed by atoms with Gasteiger partial charge in [-0.05, 0) is 13.0 Å². The second-order valence-corrected chi connectivity index (χ2v) is 4.49. The number of hydrogen-bond acceptors (Lipinski definition) is 4. The number of nitrogens with zero attached hydrogens (tertiary/aromatic N) is 2. The number of nitrogens with one attached hydrogen (secondary N) is 2. The summed E-state index contributed by atoms with van der Waals surface area (Å²) < 4.78 is 46.4. The number of ether oxygens (including phenoxy) is 2. The highest BCUT2D eigenvalue weighted by Gasteiger charge is 2.29. The molecule has 130 valence electrons. The van der Waals surface area contributed by atoms with Crippen molar-refractivity contribution in [3.8, 4) is 5.88 Å². The average molecular weight is 334 g/mol. The fraction of sp³-hybridized carbons (Fsp3) is 0.571. The quantitative estimate of drug-likeness (QED) is 0.430. The van der Waals surface area contributed by atoms with Gasteiger partial charge in [-0.1, -0.05) is 6.07 Å². The van der Waals surface area contributed by atoms with Gasteiger partial charge in [-0.15, -0.1) is 0 Å². The van der Waals surface area contributed by atoms with Crippen LogP contribution in [-0.4, -0.2) is 50.5 Å². The molecule has 6 nitrogen and oxygen atoms in total. The lowest BCUT2D eigenvalue weighted by atomic mass is 10.3. The summed E-state index contributed by atoms with van der Waals surface area (Å²) in [6.07, 6.45) is -3.03. The molecule has 1 aromatic heterocycles. The van der Waals surface area contributed by atoms with Crippen molar-refractivity contribution in [1.82, 2.24) is 15.6 Å². The third-order valence-electron chi connectivity index (χ3n) is 2.57. The topological polar surface area (TPSA) is 67.8 Å². The van der Waals surface area contributed by atoms with Gasteiger partial charge in [0.2, 0.25) is 5.88 Å². The van der Waals surface area contributed by atoms with Crippen LogP contribution in [0.1, 0.15) is 12.5 Å². The Bertz CT molecular complexity index is 495. The number of alkyl halides is 3. The number of rotatable bonds is 8. The van der Waals surface area contributed by atoms with Crippen LogP contribution < -0.4 is 15.4 Å². The number of halogens is 3. The first-order valence-electron chi connectivity index (χ1n) is 7.10. The first-order chi connectivity index (χ1) is 11.0. The van der Waals surface area contributed by atoms with Gasteiger partial charge in [-0.25, -0.2) is 9.98 Å². The van der Waals surface area contributed by atoms with Crippen LogP contribution in [0.2, 0.25) is 0 Å². The molecular formula is C14H21F3N4O2. The zero-order chi connectivity index (χ0) is 17.1. The van der Waals surface area contributed by atoms with Crippen molar-refractivity contribution in [1.29, 1.82) is 0 Å². The Hall–Kier alpha value is -2.03. The number of pyridine rings is 1. The van der Waals surface area contributed by atoms with Crippen molar-refractivity contribution in [2.75, 3.05) is 33.4 Å². The van der Waals surface area contributed by atoms with E-state index in [0.717, 1.165) is 0 Å². The van der Waals surface area contributed by atoms with Gasteiger partial charge in [-0.2, -0.15) is 13.2 Å². The number of guanidine groups is 1. The van der Waals surface area contributed by atoms with Crippen molar-refractivity contribution >= 4 is 5.96 Å². The lowest BCUT2D eigenvalue weighted by Crippen LogP contribution is -2.38. The summed E-state index contributed by atoms with van der Waals surface area (Å²) in [4.78, 5) is 8.13. The zero-order valence-electron chi connectivity index (χ0n) is 13.1. The van der Waals surface area contributed by atoms with E-state index in [-0.39, 0.29) is 12.4 Å². The molecule has 0 radical (unpaired) electrons. The first kappa shape index (κ1) is 19.0. The highest BCUT2D eigenvalue weighted by Crippen LogP contribution is 2.20. The Morgan fingerprint density at radius 3 is 2.78 bits per heavy atom. The molecular weight excluding hydrogens is 313 g/mol. The molecule has 23 heavy (non-hydrogen) atoms. The molecule has 9 heteroatoms. The molecule has 1 rings (SSSR count). The van der Waals surface area contributed by atoms with Gasteiger partial charge >= 0.3 is 6.18 Å². The highest BCUT2D eigenvalue weighted by atomic mass is 19.4. The van der Waals surface area contributed by atoms with Crippen LogP contribution in [-0.2, 0) is 11.3 Å². The van der Waals surface area contributed by atoms with Crippen LogP contribution in [0.5, 0.6) is 5.88 Å². The molecule has 2 N–H and O–H groups in total. The molecule has 0 aromatic carbocycles. The molecule has 0 aliphatic heterocycles. The summed E-state index contributed by atoms with van der Waals surface area (Å²) >= 11 is 0. The Kier molecular flexibility index (Phi) is 8.17. The van der Waals surface area contributed by atoms with Crippen LogP contribution >= 0.6 is 0 Å². The molecule has 1 heterocycles. The third-order valence-corrected chi connectivity index (χ3v) is 2.57. The first-order valence-corrected chi connectivity index (χ1v) is 7.10. The van der Waals surface area contributed by atoms with Gasteiger partial charge in [0.15, 0.2) is 12.6 Å². The third kappa shape index (κ3) is 8.24. The fourth-order valence-corrected chi connectivity index (χ4v) is 1.60. The van der Waals surface area contributed by atoms with Crippen LogP contribution in [0.4, 0.5) is 13.2 Å². The second kappa shape index (κ2) is 9.88. The summed E-state index contributed by atoms with van der Waals surface area (Å²) in [7, 11) is 1.59. The Morgan fingerprint density at radius 2 is 2.13 bits per heavy atom. The Morgan fingerprint density at radius 1 is 1.35 bits per heavy atom. The van der Waals surface area contributed by atoms with E-state index in [0.29, 0.717) is 31.2 Å². The van der Waals surface area contributed by atoms with Crippen molar-refractivity contribution in [2.45, 2.75) is 19.6 Å². The molecule has 0 spiro atoms. The lowest BCUT2D eigenvalue weighted by molar-refractivity contribution is -0.154. The van der Waals surface area contributed by atoms with E-state index >= 15 is 0 Å². The number of hydrogen-bond donors (Lipinski definition) is 2. The molecule has 0 bridgehead atoms. The predicted molar refractivity (Wildman–Crippen MR) is 80.5 cm³/mol. The Balaban J connectivity index is 2.71. The standard InChI is InChI=1S/C14H21F3N4O2/c1-3-18-13(20-7-8-22-2)21-9-11-5-4-6-19-12(11)23-10-14(15,16)17/h4-6H,3,7-10H2,1-2H3,(H2,18,20,21). The minimum atomic E-state index is -4.41. The molecule has 0 amide bonds. The maximum atomic E-state index is 12.2. The molecule has 0 atom stereocenters. The fourth-order valence-electron chi connectivity index (χ4n) is 1.60. The maximum Gasteiger partial charge on any atom is 0.422 e. The van der Waals surface area contributed by atoms with Crippen LogP contribution in [0, 0.1) is 0 Å². The second-order valence-electron chi connectivity index (χ2n) is 4.49. The molecule has 0 saturated heterocycles. The minimum Gasteiger partial charge on any atom is -0.468 e. The molecule has 0 unspecified atom stereocenters. The summed E-state index contributed by atoms with van der Waals surface area (Å²) in [5, 5.41) is 6.07. The highest BCUT2D eigenvalue weighted by molar-refractivity contribution is 5.79. The summed E-state index contributed by atoms with van der Waals surface area (Å²) in [5.74, 6) is 0.469. The number of methoxy groups -OCH3 is 1. The lowest BCUT2D eigenvalue weighted by Gasteiger charge is -2.13. The van der Waals surface area contributed by atoms with E-state index in [1.807, 2.05) is 6.92 Å². The predicted octanol–water partition coefficient (Wildman–Crippen LogP) is 1.72. The van der Waals surface area contributed by atoms with E-state index in [1.54, 1.807) is 19.2 Å². The summed E-state index contributed by atoms with van der Waals surface area (Å²) in [5.41, 5.74) is 0.473. The van der Waals surface area contributed by atoms with Crippen molar-refractivity contribution in [2.24, 2.45) is 4.99 Å².